The molecule has 0 atom stereocenters. The molecule has 70 valence electrons. The van der Waals surface area contributed by atoms with E-state index in [-0.39, 0.29) is 6.42 Å². The molecule has 2 rings (SSSR count). The molecule has 4 heteroatoms. The van der Waals surface area contributed by atoms with Crippen molar-refractivity contribution in [1.29, 1.82) is 0 Å². The van der Waals surface area contributed by atoms with Gasteiger partial charge in [-0.3, -0.25) is 0 Å². The number of carbonyl (C=O) groups excluding carboxylic acids is 1. The maximum atomic E-state index is 9.30. The van der Waals surface area contributed by atoms with Crippen LogP contribution >= 0.6 is 11.6 Å². The molecule has 0 spiro atoms. The summed E-state index contributed by atoms with van der Waals surface area (Å²) in [5, 5.41) is 16.7. The summed E-state index contributed by atoms with van der Waals surface area (Å²) in [7, 11) is 0. The van der Waals surface area contributed by atoms with E-state index in [0.717, 1.165) is 5.02 Å². The normalized spacial score (nSPS) is 10.5. The van der Waals surface area contributed by atoms with Crippen molar-refractivity contribution in [3.05, 3.63) is 23.2 Å². The smallest absolute Gasteiger partial charge is 0.158 e. The number of halogens is 1. The van der Waals surface area contributed by atoms with E-state index in [9.17, 15) is 4.79 Å². The molecule has 0 heterocycles. The highest BCUT2D eigenvalue weighted by molar-refractivity contribution is 6.35. The van der Waals surface area contributed by atoms with Gasteiger partial charge in [-0.05, 0) is 11.6 Å². The lowest BCUT2D eigenvalue weighted by atomic mass is 9.94. The zero-order valence-corrected chi connectivity index (χ0v) is 7.53. The summed E-state index contributed by atoms with van der Waals surface area (Å²) in [6, 6.07) is 6.05. The van der Waals surface area contributed by atoms with Crippen LogP contribution in [0.2, 0.25) is 5.02 Å². The molecular weight excluding hydrogens is 192 g/mol. The van der Waals surface area contributed by atoms with E-state index in [2.05, 4.69) is 6.07 Å². The van der Waals surface area contributed by atoms with Crippen molar-refractivity contribution in [3.63, 3.8) is 0 Å². The molecule has 0 aromatic rings. The van der Waals surface area contributed by atoms with Crippen LogP contribution in [0.4, 0.5) is 0 Å². The Bertz CT molecular complexity index is 310. The third kappa shape index (κ3) is 2.52. The first-order chi connectivity index (χ1) is 6.15. The molecule has 0 aromatic carbocycles. The first-order valence-electron chi connectivity index (χ1n) is 3.75. The Morgan fingerprint density at radius 3 is 2.15 bits per heavy atom. The molecule has 0 amide bonds. The Balaban J connectivity index is 0.000000133. The maximum absolute atomic E-state index is 9.30. The number of hydrogen-bond donors (Lipinski definition) is 2. The summed E-state index contributed by atoms with van der Waals surface area (Å²) >= 11 is 5.60. The number of carbonyl (C=O) groups is 1. The standard InChI is InChI=1S/C6H3Cl.C3H6O3/c7-6-3-4-1-2-5(4)6;4-2-1-3(5)6/h1-3H;2-3,5-6H,1H2. The molecule has 13 heavy (non-hydrogen) atoms. The van der Waals surface area contributed by atoms with Crippen molar-refractivity contribution in [3.8, 4) is 11.1 Å². The summed E-state index contributed by atoms with van der Waals surface area (Å²) in [6.45, 7) is 0. The van der Waals surface area contributed by atoms with Gasteiger partial charge in [0.1, 0.15) is 6.29 Å². The van der Waals surface area contributed by atoms with Gasteiger partial charge in [0, 0.05) is 10.6 Å². The van der Waals surface area contributed by atoms with Crippen molar-refractivity contribution >= 4 is 17.9 Å². The van der Waals surface area contributed by atoms with Gasteiger partial charge in [0.15, 0.2) is 6.29 Å². The number of benzene rings is 1. The van der Waals surface area contributed by atoms with Crippen LogP contribution in [0.5, 0.6) is 0 Å². The van der Waals surface area contributed by atoms with E-state index in [0.29, 0.717) is 6.29 Å². The SMILES string of the molecule is Clc1cc2ccc1-2.O=CCC(O)O. The molecule has 0 saturated carbocycles. The largest absolute Gasteiger partial charge is 0.368 e. The predicted octanol–water partition coefficient (Wildman–Crippen LogP) is 1.21. The Hall–Kier alpha value is -0.900. The lowest BCUT2D eigenvalue weighted by Gasteiger charge is -2.15. The number of rotatable bonds is 2. The first kappa shape index (κ1) is 10.2. The Morgan fingerprint density at radius 2 is 2.15 bits per heavy atom. The molecule has 0 unspecified atom stereocenters. The minimum atomic E-state index is -1.47. The minimum Gasteiger partial charge on any atom is -0.368 e. The molecule has 2 aliphatic rings. The molecule has 0 fully saturated rings. The highest BCUT2D eigenvalue weighted by Gasteiger charge is 2.13. The molecule has 2 aliphatic carbocycles. The van der Waals surface area contributed by atoms with Crippen molar-refractivity contribution in [2.24, 2.45) is 0 Å². The summed E-state index contributed by atoms with van der Waals surface area (Å²) in [6.07, 6.45) is -1.22. The zero-order valence-electron chi connectivity index (χ0n) is 6.77. The number of aliphatic hydroxyl groups excluding tert-OH is 1. The van der Waals surface area contributed by atoms with E-state index >= 15 is 0 Å². The van der Waals surface area contributed by atoms with Gasteiger partial charge < -0.3 is 15.0 Å². The lowest BCUT2D eigenvalue weighted by molar-refractivity contribution is -0.115. The Morgan fingerprint density at radius 1 is 1.46 bits per heavy atom. The molecule has 0 radical (unpaired) electrons. The predicted molar refractivity (Wildman–Crippen MR) is 49.4 cm³/mol. The summed E-state index contributed by atoms with van der Waals surface area (Å²) in [5.41, 5.74) is 2.55. The van der Waals surface area contributed by atoms with Crippen LogP contribution < -0.4 is 0 Å². The van der Waals surface area contributed by atoms with E-state index in [1.165, 1.54) is 11.1 Å². The zero-order chi connectivity index (χ0) is 9.84. The fourth-order valence-electron chi connectivity index (χ4n) is 0.829. The van der Waals surface area contributed by atoms with Gasteiger partial charge in [-0.1, -0.05) is 23.7 Å². The quantitative estimate of drug-likeness (QED) is 0.566. The highest BCUT2D eigenvalue weighted by atomic mass is 35.5. The Kier molecular flexibility index (Phi) is 3.42. The van der Waals surface area contributed by atoms with Crippen LogP contribution in [0.15, 0.2) is 18.2 Å². The monoisotopic (exact) mass is 200 g/mol. The van der Waals surface area contributed by atoms with Crippen molar-refractivity contribution in [2.75, 3.05) is 0 Å². The number of aliphatic hydroxyl groups is 2. The van der Waals surface area contributed by atoms with Crippen LogP contribution in [0.3, 0.4) is 0 Å². The van der Waals surface area contributed by atoms with Crippen LogP contribution in [0.25, 0.3) is 11.1 Å². The van der Waals surface area contributed by atoms with E-state index < -0.39 is 6.29 Å². The average Bonchev–Trinajstić information content (AvgIpc) is 2.00. The number of fused-ring (bicyclic) bond motifs is 1. The number of hydrogen-bond acceptors (Lipinski definition) is 3. The molecule has 2 N–H and O–H groups in total. The van der Waals surface area contributed by atoms with E-state index in [1.807, 2.05) is 12.1 Å². The second-order valence-corrected chi connectivity index (χ2v) is 2.98. The minimum absolute atomic E-state index is 0.194. The average molecular weight is 201 g/mol. The van der Waals surface area contributed by atoms with Gasteiger partial charge in [-0.2, -0.15) is 0 Å². The van der Waals surface area contributed by atoms with Crippen molar-refractivity contribution in [1.82, 2.24) is 0 Å². The fourth-order valence-corrected chi connectivity index (χ4v) is 1.12. The highest BCUT2D eigenvalue weighted by Crippen LogP contribution is 2.39. The second-order valence-electron chi connectivity index (χ2n) is 2.58. The molecule has 0 aromatic heterocycles. The van der Waals surface area contributed by atoms with Gasteiger partial charge in [-0.15, -0.1) is 0 Å². The molecule has 3 nitrogen and oxygen atoms in total. The summed E-state index contributed by atoms with van der Waals surface area (Å²) in [4.78, 5) is 9.30. The van der Waals surface area contributed by atoms with Gasteiger partial charge in [-0.25, -0.2) is 0 Å². The van der Waals surface area contributed by atoms with Crippen molar-refractivity contribution in [2.45, 2.75) is 12.7 Å². The number of aldehydes is 1. The topological polar surface area (TPSA) is 57.5 Å². The van der Waals surface area contributed by atoms with Crippen LogP contribution in [-0.4, -0.2) is 22.8 Å². The van der Waals surface area contributed by atoms with Gasteiger partial charge in [0.05, 0.1) is 6.42 Å². The Labute approximate surface area is 80.6 Å². The fraction of sp³-hybridized carbons (Fsp3) is 0.222. The van der Waals surface area contributed by atoms with Gasteiger partial charge in [0.2, 0.25) is 0 Å². The maximum Gasteiger partial charge on any atom is 0.158 e. The first-order valence-corrected chi connectivity index (χ1v) is 4.12. The van der Waals surface area contributed by atoms with Crippen LogP contribution in [-0.2, 0) is 4.79 Å². The van der Waals surface area contributed by atoms with Gasteiger partial charge in [0.25, 0.3) is 0 Å². The third-order valence-corrected chi connectivity index (χ3v) is 1.90. The van der Waals surface area contributed by atoms with Gasteiger partial charge >= 0.3 is 0 Å². The second kappa shape index (κ2) is 4.37. The van der Waals surface area contributed by atoms with Crippen LogP contribution in [0.1, 0.15) is 6.42 Å². The molecule has 0 aliphatic heterocycles. The summed E-state index contributed by atoms with van der Waals surface area (Å²) in [5.74, 6) is 0. The lowest BCUT2D eigenvalue weighted by Crippen LogP contribution is -2.02. The van der Waals surface area contributed by atoms with Crippen molar-refractivity contribution < 1.29 is 15.0 Å². The summed E-state index contributed by atoms with van der Waals surface area (Å²) < 4.78 is 0. The molecule has 0 saturated heterocycles. The third-order valence-electron chi connectivity index (χ3n) is 1.59. The van der Waals surface area contributed by atoms with Crippen LogP contribution in [0, 0.1) is 0 Å². The van der Waals surface area contributed by atoms with E-state index in [1.54, 1.807) is 0 Å². The molecular formula is C9H9ClO3. The molecule has 0 bridgehead atoms. The van der Waals surface area contributed by atoms with E-state index in [4.69, 9.17) is 21.8 Å².